The fraction of sp³-hybridized carbons (Fsp3) is 0.111. The topological polar surface area (TPSA) is 50.7 Å². The minimum Gasteiger partial charge on any atom is -0.323 e. The first kappa shape index (κ1) is 11.8. The number of hydrogen-bond donors (Lipinski definition) is 1. The van der Waals surface area contributed by atoms with Crippen molar-refractivity contribution in [3.05, 3.63) is 33.8 Å². The van der Waals surface area contributed by atoms with Crippen molar-refractivity contribution in [2.45, 2.75) is 0 Å². The molecular formula is C9H8Cl2N2O2. The lowest BCUT2D eigenvalue weighted by atomic mass is 10.2. The number of nitrogens with zero attached hydrogens (tertiary/aromatic N) is 1. The molecule has 1 N–H and O–H groups in total. The van der Waals surface area contributed by atoms with Crippen LogP contribution in [0.3, 0.4) is 0 Å². The van der Waals surface area contributed by atoms with Crippen LogP contribution in [0.15, 0.2) is 23.4 Å². The van der Waals surface area contributed by atoms with Crippen molar-refractivity contribution in [1.29, 1.82) is 0 Å². The molecule has 0 aromatic heterocycles. The van der Waals surface area contributed by atoms with Gasteiger partial charge in [-0.2, -0.15) is 0 Å². The molecule has 0 unspecified atom stereocenters. The van der Waals surface area contributed by atoms with E-state index in [9.17, 15) is 4.79 Å². The number of benzene rings is 1. The molecule has 1 aromatic rings. The Bertz CT molecular complexity index is 394. The van der Waals surface area contributed by atoms with Crippen LogP contribution in [0.2, 0.25) is 10.0 Å². The third kappa shape index (κ3) is 3.77. The summed E-state index contributed by atoms with van der Waals surface area (Å²) in [6.07, 6.45) is 0.726. The Hall–Kier alpha value is -1.26. The number of carbonyl (C=O) groups excluding carboxylic acids is 1. The molecule has 80 valence electrons. The van der Waals surface area contributed by atoms with E-state index in [1.165, 1.54) is 13.3 Å². The summed E-state index contributed by atoms with van der Waals surface area (Å²) in [7, 11) is 1.44. The molecule has 0 saturated carbocycles. The molecule has 15 heavy (non-hydrogen) atoms. The Labute approximate surface area is 96.8 Å². The number of rotatable bonds is 2. The van der Waals surface area contributed by atoms with Crippen LogP contribution in [0.5, 0.6) is 0 Å². The summed E-state index contributed by atoms with van der Waals surface area (Å²) in [5.41, 5.74) is 0.688. The second-order valence-corrected chi connectivity index (χ2v) is 3.35. The van der Waals surface area contributed by atoms with Gasteiger partial charge >= 0.3 is 6.09 Å². The lowest BCUT2D eigenvalue weighted by molar-refractivity contribution is 0.154. The van der Waals surface area contributed by atoms with Crippen LogP contribution in [0.25, 0.3) is 0 Å². The van der Waals surface area contributed by atoms with Gasteiger partial charge in [0.15, 0.2) is 0 Å². The van der Waals surface area contributed by atoms with Crippen LogP contribution >= 0.6 is 23.2 Å². The van der Waals surface area contributed by atoms with Crippen LogP contribution in [0.1, 0.15) is 5.56 Å². The summed E-state index contributed by atoms with van der Waals surface area (Å²) >= 11 is 11.5. The van der Waals surface area contributed by atoms with Crippen LogP contribution in [-0.4, -0.2) is 19.4 Å². The smallest absolute Gasteiger partial charge is 0.323 e. The molecule has 0 aliphatic carbocycles. The Balaban J connectivity index is 2.65. The van der Waals surface area contributed by atoms with Crippen molar-refractivity contribution in [3.8, 4) is 0 Å². The monoisotopic (exact) mass is 246 g/mol. The van der Waals surface area contributed by atoms with E-state index in [4.69, 9.17) is 23.2 Å². The van der Waals surface area contributed by atoms with Crippen LogP contribution in [0.4, 0.5) is 4.79 Å². The van der Waals surface area contributed by atoms with Crippen molar-refractivity contribution < 1.29 is 9.63 Å². The molecule has 0 atom stereocenters. The van der Waals surface area contributed by atoms with Crippen LogP contribution in [0, 0.1) is 0 Å². The minimum absolute atomic E-state index is 0.417. The molecule has 1 amide bonds. The zero-order valence-electron chi connectivity index (χ0n) is 7.83. The van der Waals surface area contributed by atoms with Gasteiger partial charge in [0, 0.05) is 7.05 Å². The van der Waals surface area contributed by atoms with Gasteiger partial charge in [0.2, 0.25) is 0 Å². The lowest BCUT2D eigenvalue weighted by Gasteiger charge is -1.97. The summed E-state index contributed by atoms with van der Waals surface area (Å²) in [4.78, 5) is 15.0. The number of amides is 1. The quantitative estimate of drug-likeness (QED) is 0.496. The molecule has 1 aromatic carbocycles. The molecule has 0 spiro atoms. The van der Waals surface area contributed by atoms with Crippen molar-refractivity contribution in [2.24, 2.45) is 5.16 Å². The van der Waals surface area contributed by atoms with Gasteiger partial charge in [0.1, 0.15) is 0 Å². The van der Waals surface area contributed by atoms with Gasteiger partial charge in [0.25, 0.3) is 0 Å². The standard InChI is InChI=1S/C9H8Cl2N2O2/c1-12-9(14)15-13-5-6-2-3-7(10)8(11)4-6/h2-5H,1H3,(H,12,14). The molecule has 0 radical (unpaired) electrons. The summed E-state index contributed by atoms with van der Waals surface area (Å²) < 4.78 is 0. The van der Waals surface area contributed by atoms with Crippen LogP contribution < -0.4 is 5.32 Å². The highest BCUT2D eigenvalue weighted by Crippen LogP contribution is 2.21. The molecule has 0 heterocycles. The predicted molar refractivity (Wildman–Crippen MR) is 59.6 cm³/mol. The van der Waals surface area contributed by atoms with E-state index in [1.807, 2.05) is 0 Å². The Morgan fingerprint density at radius 2 is 2.20 bits per heavy atom. The molecule has 0 saturated heterocycles. The van der Waals surface area contributed by atoms with Gasteiger partial charge in [-0.1, -0.05) is 34.4 Å². The van der Waals surface area contributed by atoms with Crippen LogP contribution in [-0.2, 0) is 4.84 Å². The third-order valence-electron chi connectivity index (χ3n) is 1.49. The van der Waals surface area contributed by atoms with Gasteiger partial charge in [-0.15, -0.1) is 0 Å². The second-order valence-electron chi connectivity index (χ2n) is 2.54. The first-order chi connectivity index (χ1) is 7.13. The largest absolute Gasteiger partial charge is 0.433 e. The molecule has 1 rings (SSSR count). The van der Waals surface area contributed by atoms with Crippen molar-refractivity contribution in [1.82, 2.24) is 5.32 Å². The van der Waals surface area contributed by atoms with Crippen molar-refractivity contribution in [2.75, 3.05) is 7.05 Å². The van der Waals surface area contributed by atoms with E-state index in [1.54, 1.807) is 18.2 Å². The zero-order chi connectivity index (χ0) is 11.3. The summed E-state index contributed by atoms with van der Waals surface area (Å²) in [6.45, 7) is 0. The molecule has 0 fully saturated rings. The maximum Gasteiger partial charge on any atom is 0.433 e. The SMILES string of the molecule is CNC(=O)ON=Cc1ccc(Cl)c(Cl)c1. The molecule has 6 heteroatoms. The first-order valence-electron chi connectivity index (χ1n) is 4.00. The highest BCUT2D eigenvalue weighted by Gasteiger charge is 1.98. The summed E-state index contributed by atoms with van der Waals surface area (Å²) in [6, 6.07) is 4.94. The van der Waals surface area contributed by atoms with E-state index in [-0.39, 0.29) is 0 Å². The molecule has 0 bridgehead atoms. The molecule has 4 nitrogen and oxygen atoms in total. The Kier molecular flexibility index (Phi) is 4.39. The Morgan fingerprint density at radius 3 is 2.80 bits per heavy atom. The first-order valence-corrected chi connectivity index (χ1v) is 4.76. The van der Waals surface area contributed by atoms with Gasteiger partial charge in [-0.05, 0) is 17.7 Å². The highest BCUT2D eigenvalue weighted by molar-refractivity contribution is 6.42. The van der Waals surface area contributed by atoms with Crippen molar-refractivity contribution in [3.63, 3.8) is 0 Å². The zero-order valence-corrected chi connectivity index (χ0v) is 9.34. The number of nitrogens with one attached hydrogen (secondary N) is 1. The Morgan fingerprint density at radius 1 is 1.47 bits per heavy atom. The molecular weight excluding hydrogens is 239 g/mol. The predicted octanol–water partition coefficient (Wildman–Crippen LogP) is 2.68. The second kappa shape index (κ2) is 5.58. The number of hydrogen-bond acceptors (Lipinski definition) is 3. The molecule has 0 aliphatic rings. The molecule has 0 aliphatic heterocycles. The number of carbonyl (C=O) groups is 1. The minimum atomic E-state index is -0.633. The summed E-state index contributed by atoms with van der Waals surface area (Å²) in [5.74, 6) is 0. The van der Waals surface area contributed by atoms with E-state index in [0.29, 0.717) is 15.6 Å². The van der Waals surface area contributed by atoms with Gasteiger partial charge < -0.3 is 5.32 Å². The number of halogens is 2. The summed E-state index contributed by atoms with van der Waals surface area (Å²) in [5, 5.41) is 6.57. The maximum absolute atomic E-state index is 10.6. The lowest BCUT2D eigenvalue weighted by Crippen LogP contribution is -2.16. The van der Waals surface area contributed by atoms with E-state index >= 15 is 0 Å². The fourth-order valence-corrected chi connectivity index (χ4v) is 1.08. The van der Waals surface area contributed by atoms with Crippen molar-refractivity contribution >= 4 is 35.5 Å². The maximum atomic E-state index is 10.6. The van der Waals surface area contributed by atoms with E-state index < -0.39 is 6.09 Å². The van der Waals surface area contributed by atoms with Gasteiger partial charge in [-0.3, -0.25) is 4.84 Å². The highest BCUT2D eigenvalue weighted by atomic mass is 35.5. The normalized spacial score (nSPS) is 10.3. The van der Waals surface area contributed by atoms with E-state index in [2.05, 4.69) is 15.3 Å². The number of oxime groups is 1. The average molecular weight is 247 g/mol. The van der Waals surface area contributed by atoms with Gasteiger partial charge in [-0.25, -0.2) is 4.79 Å². The third-order valence-corrected chi connectivity index (χ3v) is 2.22. The average Bonchev–Trinajstić information content (AvgIpc) is 2.23. The van der Waals surface area contributed by atoms with Gasteiger partial charge in [0.05, 0.1) is 16.3 Å². The fourth-order valence-electron chi connectivity index (χ4n) is 0.773. The van der Waals surface area contributed by atoms with E-state index in [0.717, 1.165) is 0 Å².